The zero-order valence-corrected chi connectivity index (χ0v) is 20.7. The van der Waals surface area contributed by atoms with Crippen molar-refractivity contribution in [1.82, 2.24) is 0 Å². The minimum atomic E-state index is -1.51. The van der Waals surface area contributed by atoms with Gasteiger partial charge in [-0.05, 0) is 35.4 Å². The standard InChI is InChI=1S/C26H32O11/c1-31-18-8-12(4-6-16(18)27)23-14-10-35-24(15(14)11-34-23)13-5-7-17(19(9-13)32-2)36-26-22(30)20(28)21(29)25(33-3)37-26/h4-9,14-15,20-30H,10-11H2,1-3H3. The summed E-state index contributed by atoms with van der Waals surface area (Å²) in [6.45, 7) is 1.01. The molecule has 11 heteroatoms. The summed E-state index contributed by atoms with van der Waals surface area (Å²) in [7, 11) is 4.32. The minimum absolute atomic E-state index is 0.0744. The molecule has 0 bridgehead atoms. The third-order valence-corrected chi connectivity index (χ3v) is 7.31. The van der Waals surface area contributed by atoms with Crippen LogP contribution in [0.5, 0.6) is 23.0 Å². The Morgan fingerprint density at radius 1 is 0.703 bits per heavy atom. The van der Waals surface area contributed by atoms with Gasteiger partial charge in [0.1, 0.15) is 18.3 Å². The topological polar surface area (TPSA) is 146 Å². The van der Waals surface area contributed by atoms with Gasteiger partial charge >= 0.3 is 0 Å². The van der Waals surface area contributed by atoms with Gasteiger partial charge in [0.25, 0.3) is 0 Å². The Morgan fingerprint density at radius 2 is 1.27 bits per heavy atom. The van der Waals surface area contributed by atoms with Crippen molar-refractivity contribution in [2.75, 3.05) is 34.5 Å². The Morgan fingerprint density at radius 3 is 1.86 bits per heavy atom. The Hall–Kier alpha value is -2.64. The van der Waals surface area contributed by atoms with Crippen molar-refractivity contribution >= 4 is 0 Å². The molecule has 0 radical (unpaired) electrons. The summed E-state index contributed by atoms with van der Waals surface area (Å²) in [6, 6.07) is 10.5. The van der Waals surface area contributed by atoms with E-state index in [0.717, 1.165) is 11.1 Å². The zero-order valence-electron chi connectivity index (χ0n) is 20.7. The minimum Gasteiger partial charge on any atom is -0.504 e. The molecule has 9 atom stereocenters. The zero-order chi connectivity index (χ0) is 26.3. The van der Waals surface area contributed by atoms with Gasteiger partial charge in [-0.3, -0.25) is 0 Å². The number of aromatic hydroxyl groups is 1. The molecule has 0 aromatic heterocycles. The lowest BCUT2D eigenvalue weighted by atomic mass is 9.85. The van der Waals surface area contributed by atoms with Crippen LogP contribution in [-0.4, -0.2) is 85.9 Å². The van der Waals surface area contributed by atoms with Gasteiger partial charge in [0.2, 0.25) is 6.29 Å². The van der Waals surface area contributed by atoms with Crippen LogP contribution in [0.4, 0.5) is 0 Å². The van der Waals surface area contributed by atoms with Crippen LogP contribution >= 0.6 is 0 Å². The first-order valence-electron chi connectivity index (χ1n) is 12.0. The third kappa shape index (κ3) is 4.72. The molecule has 4 N–H and O–H groups in total. The first-order chi connectivity index (χ1) is 17.9. The number of methoxy groups -OCH3 is 3. The third-order valence-electron chi connectivity index (χ3n) is 7.31. The van der Waals surface area contributed by atoms with Crippen molar-refractivity contribution in [3.63, 3.8) is 0 Å². The maximum Gasteiger partial charge on any atom is 0.231 e. The molecule has 0 amide bonds. The van der Waals surface area contributed by atoms with E-state index in [4.69, 9.17) is 33.2 Å². The molecule has 202 valence electrons. The average Bonchev–Trinajstić information content (AvgIpc) is 3.52. The second kappa shape index (κ2) is 10.6. The fourth-order valence-electron chi connectivity index (χ4n) is 5.30. The number of ether oxygens (including phenoxy) is 7. The first kappa shape index (κ1) is 26.0. The number of fused-ring (bicyclic) bond motifs is 1. The van der Waals surface area contributed by atoms with Gasteiger partial charge in [0, 0.05) is 18.9 Å². The molecular formula is C26H32O11. The van der Waals surface area contributed by atoms with Crippen LogP contribution in [-0.2, 0) is 18.9 Å². The van der Waals surface area contributed by atoms with E-state index in [1.165, 1.54) is 21.3 Å². The summed E-state index contributed by atoms with van der Waals surface area (Å²) >= 11 is 0. The maximum absolute atomic E-state index is 10.3. The number of benzene rings is 2. The highest BCUT2D eigenvalue weighted by Crippen LogP contribution is 2.51. The molecule has 3 aliphatic rings. The van der Waals surface area contributed by atoms with Crippen molar-refractivity contribution in [3.05, 3.63) is 47.5 Å². The normalized spacial score (nSPS) is 35.2. The van der Waals surface area contributed by atoms with Gasteiger partial charge in [0.05, 0.1) is 39.6 Å². The lowest BCUT2D eigenvalue weighted by Crippen LogP contribution is -2.59. The summed E-state index contributed by atoms with van der Waals surface area (Å²) in [5.74, 6) is 1.35. The molecule has 2 aromatic rings. The number of aliphatic hydroxyl groups excluding tert-OH is 3. The van der Waals surface area contributed by atoms with E-state index in [-0.39, 0.29) is 35.5 Å². The van der Waals surface area contributed by atoms with Crippen molar-refractivity contribution < 1.29 is 53.6 Å². The highest BCUT2D eigenvalue weighted by Gasteiger charge is 2.49. The molecule has 3 saturated heterocycles. The Bertz CT molecular complexity index is 1090. The van der Waals surface area contributed by atoms with Crippen LogP contribution in [0.3, 0.4) is 0 Å². The van der Waals surface area contributed by atoms with E-state index in [9.17, 15) is 20.4 Å². The van der Waals surface area contributed by atoms with Crippen molar-refractivity contribution in [3.8, 4) is 23.0 Å². The van der Waals surface area contributed by atoms with Crippen molar-refractivity contribution in [2.24, 2.45) is 11.8 Å². The van der Waals surface area contributed by atoms with E-state index in [2.05, 4.69) is 0 Å². The van der Waals surface area contributed by atoms with E-state index in [1.807, 2.05) is 12.1 Å². The lowest BCUT2D eigenvalue weighted by Gasteiger charge is -2.39. The molecule has 0 saturated carbocycles. The van der Waals surface area contributed by atoms with Gasteiger partial charge in [-0.25, -0.2) is 0 Å². The Balaban J connectivity index is 1.32. The van der Waals surface area contributed by atoms with Crippen molar-refractivity contribution in [2.45, 2.75) is 43.1 Å². The van der Waals surface area contributed by atoms with Gasteiger partial charge in [-0.2, -0.15) is 0 Å². The van der Waals surface area contributed by atoms with Gasteiger partial charge in [-0.1, -0.05) is 12.1 Å². The van der Waals surface area contributed by atoms with Crippen LogP contribution < -0.4 is 14.2 Å². The monoisotopic (exact) mass is 520 g/mol. The first-order valence-corrected chi connectivity index (χ1v) is 12.0. The molecule has 11 nitrogen and oxygen atoms in total. The Labute approximate surface area is 214 Å². The number of hydrogen-bond donors (Lipinski definition) is 4. The van der Waals surface area contributed by atoms with Crippen LogP contribution in [0.1, 0.15) is 23.3 Å². The van der Waals surface area contributed by atoms with Crippen LogP contribution in [0.15, 0.2) is 36.4 Å². The molecule has 3 fully saturated rings. The number of hydrogen-bond acceptors (Lipinski definition) is 11. The van der Waals surface area contributed by atoms with E-state index in [1.54, 1.807) is 24.3 Å². The summed E-state index contributed by atoms with van der Waals surface area (Å²) in [5.41, 5.74) is 1.79. The van der Waals surface area contributed by atoms with E-state index >= 15 is 0 Å². The predicted molar refractivity (Wildman–Crippen MR) is 126 cm³/mol. The van der Waals surface area contributed by atoms with Crippen LogP contribution in [0.25, 0.3) is 0 Å². The second-order valence-corrected chi connectivity index (χ2v) is 9.38. The fourth-order valence-corrected chi connectivity index (χ4v) is 5.30. The van der Waals surface area contributed by atoms with Crippen LogP contribution in [0.2, 0.25) is 0 Å². The summed E-state index contributed by atoms with van der Waals surface area (Å²) in [4.78, 5) is 0. The van der Waals surface area contributed by atoms with E-state index < -0.39 is 30.9 Å². The summed E-state index contributed by atoms with van der Waals surface area (Å²) < 4.78 is 39.4. The predicted octanol–water partition coefficient (Wildman–Crippen LogP) is 1.27. The molecule has 9 unspecified atom stereocenters. The molecule has 0 aliphatic carbocycles. The SMILES string of the molecule is COc1cc(C2OCC3C(c4ccc(OC5OC(OC)C(O)C(O)C5O)c(OC)c4)OCC23)ccc1O. The van der Waals surface area contributed by atoms with Gasteiger partial charge in [0.15, 0.2) is 29.3 Å². The summed E-state index contributed by atoms with van der Waals surface area (Å²) in [6.07, 6.45) is -7.31. The maximum atomic E-state index is 10.3. The van der Waals surface area contributed by atoms with Gasteiger partial charge < -0.3 is 53.6 Å². The molecule has 5 rings (SSSR count). The smallest absolute Gasteiger partial charge is 0.231 e. The van der Waals surface area contributed by atoms with Crippen molar-refractivity contribution in [1.29, 1.82) is 0 Å². The number of rotatable bonds is 7. The van der Waals surface area contributed by atoms with Gasteiger partial charge in [-0.15, -0.1) is 0 Å². The molecule has 3 heterocycles. The second-order valence-electron chi connectivity index (χ2n) is 9.38. The van der Waals surface area contributed by atoms with E-state index in [0.29, 0.717) is 24.7 Å². The quantitative estimate of drug-likeness (QED) is 0.419. The number of aliphatic hydroxyl groups is 3. The lowest BCUT2D eigenvalue weighted by molar-refractivity contribution is -0.327. The largest absolute Gasteiger partial charge is 0.504 e. The number of phenols is 1. The average molecular weight is 521 g/mol. The highest BCUT2D eigenvalue weighted by atomic mass is 16.8. The molecular weight excluding hydrogens is 488 g/mol. The fraction of sp³-hybridized carbons (Fsp3) is 0.538. The summed E-state index contributed by atoms with van der Waals surface area (Å²) in [5, 5.41) is 40.4. The molecule has 0 spiro atoms. The highest BCUT2D eigenvalue weighted by molar-refractivity contribution is 5.45. The molecule has 2 aromatic carbocycles. The molecule has 3 aliphatic heterocycles. The molecule has 37 heavy (non-hydrogen) atoms. The Kier molecular flexibility index (Phi) is 7.46. The number of phenolic OH excluding ortho intramolecular Hbond substituents is 1. The van der Waals surface area contributed by atoms with Crippen LogP contribution in [0, 0.1) is 11.8 Å².